The van der Waals surface area contributed by atoms with E-state index in [1.165, 1.54) is 12.8 Å². The average molecular weight is 313 g/mol. The lowest BCUT2D eigenvalue weighted by Crippen LogP contribution is -2.29. The van der Waals surface area contributed by atoms with Crippen molar-refractivity contribution in [3.63, 3.8) is 0 Å². The molecule has 118 valence electrons. The fourth-order valence-corrected chi connectivity index (χ4v) is 2.99. The molecule has 0 saturated heterocycles. The maximum absolute atomic E-state index is 9.46. The van der Waals surface area contributed by atoms with Gasteiger partial charge in [-0.2, -0.15) is 4.98 Å². The summed E-state index contributed by atoms with van der Waals surface area (Å²) in [7, 11) is 0. The number of aliphatic hydroxyl groups excluding tert-OH is 1. The number of halogens is 1. The first-order chi connectivity index (χ1) is 10.2. The lowest BCUT2D eigenvalue weighted by Gasteiger charge is -2.30. The van der Waals surface area contributed by atoms with Crippen LogP contribution in [0, 0.1) is 11.8 Å². The van der Waals surface area contributed by atoms with Crippen LogP contribution in [0.5, 0.6) is 0 Å². The monoisotopic (exact) mass is 312 g/mol. The fourth-order valence-electron chi connectivity index (χ4n) is 2.83. The number of aromatic nitrogens is 2. The zero-order chi connectivity index (χ0) is 15.1. The molecule has 0 spiro atoms. The maximum atomic E-state index is 9.46. The molecular weight excluding hydrogens is 288 g/mol. The predicted molar refractivity (Wildman–Crippen MR) is 86.8 cm³/mol. The highest BCUT2D eigenvalue weighted by molar-refractivity contribution is 6.32. The average Bonchev–Trinajstić information content (AvgIpc) is 2.53. The Bertz CT molecular complexity index is 444. The van der Waals surface area contributed by atoms with Crippen LogP contribution >= 0.6 is 11.6 Å². The van der Waals surface area contributed by atoms with Crippen molar-refractivity contribution in [3.8, 4) is 0 Å². The summed E-state index contributed by atoms with van der Waals surface area (Å²) in [5.74, 6) is 2.16. The van der Waals surface area contributed by atoms with E-state index in [0.717, 1.165) is 32.4 Å². The maximum Gasteiger partial charge on any atom is 0.224 e. The molecule has 0 aromatic carbocycles. The van der Waals surface area contributed by atoms with Gasteiger partial charge < -0.3 is 15.7 Å². The molecule has 1 fully saturated rings. The van der Waals surface area contributed by atoms with Crippen LogP contribution in [0.2, 0.25) is 5.02 Å². The summed E-state index contributed by atoms with van der Waals surface area (Å²) in [4.78, 5) is 8.59. The van der Waals surface area contributed by atoms with Crippen LogP contribution in [-0.2, 0) is 0 Å². The van der Waals surface area contributed by atoms with Crippen molar-refractivity contribution in [1.29, 1.82) is 0 Å². The van der Waals surface area contributed by atoms with Crippen LogP contribution in [0.3, 0.4) is 0 Å². The first-order valence-corrected chi connectivity index (χ1v) is 8.23. The second-order valence-electron chi connectivity index (χ2n) is 5.69. The molecule has 2 unspecified atom stereocenters. The highest BCUT2D eigenvalue weighted by atomic mass is 35.5. The Hall–Kier alpha value is -1.07. The van der Waals surface area contributed by atoms with Crippen molar-refractivity contribution in [2.75, 3.05) is 30.3 Å². The molecule has 1 heterocycles. The van der Waals surface area contributed by atoms with Gasteiger partial charge in [-0.1, -0.05) is 31.4 Å². The van der Waals surface area contributed by atoms with Gasteiger partial charge in [-0.25, -0.2) is 4.98 Å². The summed E-state index contributed by atoms with van der Waals surface area (Å²) in [6, 6.07) is 0. The molecule has 2 atom stereocenters. The number of rotatable bonds is 7. The Balaban J connectivity index is 1.94. The van der Waals surface area contributed by atoms with E-state index < -0.39 is 0 Å². The summed E-state index contributed by atoms with van der Waals surface area (Å²) < 4.78 is 0. The Morgan fingerprint density at radius 2 is 2.05 bits per heavy atom. The lowest BCUT2D eigenvalue weighted by atomic mass is 9.79. The number of nitrogens with one attached hydrogen (secondary N) is 2. The Morgan fingerprint density at radius 1 is 1.29 bits per heavy atom. The first kappa shape index (κ1) is 16.3. The molecule has 1 saturated carbocycles. The number of hydrogen-bond acceptors (Lipinski definition) is 5. The fraction of sp³-hybridized carbons (Fsp3) is 0.733. The lowest BCUT2D eigenvalue weighted by molar-refractivity contribution is 0.141. The van der Waals surface area contributed by atoms with Gasteiger partial charge >= 0.3 is 0 Å². The molecule has 6 heteroatoms. The van der Waals surface area contributed by atoms with Crippen molar-refractivity contribution >= 4 is 23.4 Å². The molecule has 1 aliphatic carbocycles. The van der Waals surface area contributed by atoms with E-state index in [2.05, 4.69) is 27.5 Å². The second kappa shape index (κ2) is 8.39. The Labute approximate surface area is 131 Å². The van der Waals surface area contributed by atoms with Crippen LogP contribution in [0.1, 0.15) is 39.0 Å². The van der Waals surface area contributed by atoms with Crippen molar-refractivity contribution in [2.24, 2.45) is 11.8 Å². The van der Waals surface area contributed by atoms with Crippen molar-refractivity contribution in [3.05, 3.63) is 11.2 Å². The Morgan fingerprint density at radius 3 is 2.76 bits per heavy atom. The number of aliphatic hydroxyl groups is 1. The third-order valence-corrected chi connectivity index (χ3v) is 4.39. The molecule has 21 heavy (non-hydrogen) atoms. The minimum Gasteiger partial charge on any atom is -0.396 e. The zero-order valence-corrected chi connectivity index (χ0v) is 13.4. The van der Waals surface area contributed by atoms with E-state index in [9.17, 15) is 5.11 Å². The first-order valence-electron chi connectivity index (χ1n) is 7.85. The highest BCUT2D eigenvalue weighted by Gasteiger charge is 2.24. The summed E-state index contributed by atoms with van der Waals surface area (Å²) in [6.07, 6.45) is 7.38. The van der Waals surface area contributed by atoms with Gasteiger partial charge in [-0.15, -0.1) is 0 Å². The Kier molecular flexibility index (Phi) is 6.51. The van der Waals surface area contributed by atoms with E-state index in [-0.39, 0.29) is 6.61 Å². The van der Waals surface area contributed by atoms with Crippen molar-refractivity contribution < 1.29 is 5.11 Å². The molecule has 1 aliphatic rings. The summed E-state index contributed by atoms with van der Waals surface area (Å²) in [5.41, 5.74) is 0. The smallest absolute Gasteiger partial charge is 0.224 e. The van der Waals surface area contributed by atoms with Crippen molar-refractivity contribution in [2.45, 2.75) is 39.0 Å². The van der Waals surface area contributed by atoms with Crippen LogP contribution in [0.4, 0.5) is 11.8 Å². The molecular formula is C15H25ClN4O. The van der Waals surface area contributed by atoms with Crippen LogP contribution in [0.15, 0.2) is 6.20 Å². The molecule has 0 aliphatic heterocycles. The quantitative estimate of drug-likeness (QED) is 0.721. The van der Waals surface area contributed by atoms with Gasteiger partial charge in [0.15, 0.2) is 0 Å². The van der Waals surface area contributed by atoms with Crippen LogP contribution in [-0.4, -0.2) is 34.8 Å². The standard InChI is InChI=1S/C15H25ClN4O/c1-2-7-17-15-19-9-13(16)14(20-15)18-8-11-5-3-4-6-12(11)10-21/h9,11-12,21H,2-8,10H2,1H3,(H2,17,18,19,20). The topological polar surface area (TPSA) is 70.1 Å². The largest absolute Gasteiger partial charge is 0.396 e. The number of hydrogen-bond donors (Lipinski definition) is 3. The summed E-state index contributed by atoms with van der Waals surface area (Å²) in [5, 5.41) is 16.5. The molecule has 0 radical (unpaired) electrons. The minimum absolute atomic E-state index is 0.271. The molecule has 0 amide bonds. The van der Waals surface area contributed by atoms with Gasteiger partial charge in [-0.3, -0.25) is 0 Å². The SMILES string of the molecule is CCCNc1ncc(Cl)c(NCC2CCCCC2CO)n1. The highest BCUT2D eigenvalue weighted by Crippen LogP contribution is 2.30. The minimum atomic E-state index is 0.271. The molecule has 3 N–H and O–H groups in total. The molecule has 5 nitrogen and oxygen atoms in total. The van der Waals surface area contributed by atoms with Gasteiger partial charge in [0.2, 0.25) is 5.95 Å². The van der Waals surface area contributed by atoms with E-state index in [1.54, 1.807) is 6.20 Å². The van der Waals surface area contributed by atoms with E-state index in [4.69, 9.17) is 11.6 Å². The molecule has 1 aromatic rings. The van der Waals surface area contributed by atoms with Crippen molar-refractivity contribution in [1.82, 2.24) is 9.97 Å². The molecule has 1 aromatic heterocycles. The number of anilines is 2. The van der Waals surface area contributed by atoms with Gasteiger partial charge in [0, 0.05) is 19.7 Å². The van der Waals surface area contributed by atoms with Crippen LogP contribution < -0.4 is 10.6 Å². The van der Waals surface area contributed by atoms with E-state index in [1.807, 2.05) is 0 Å². The normalized spacial score (nSPS) is 22.0. The molecule has 0 bridgehead atoms. The van der Waals surface area contributed by atoms with Crippen LogP contribution in [0.25, 0.3) is 0 Å². The van der Waals surface area contributed by atoms with Gasteiger partial charge in [0.25, 0.3) is 0 Å². The third kappa shape index (κ3) is 4.71. The molecule has 2 rings (SSSR count). The third-order valence-electron chi connectivity index (χ3n) is 4.11. The van der Waals surface area contributed by atoms with Gasteiger partial charge in [-0.05, 0) is 31.1 Å². The van der Waals surface area contributed by atoms with E-state index >= 15 is 0 Å². The van der Waals surface area contributed by atoms with E-state index in [0.29, 0.717) is 28.6 Å². The summed E-state index contributed by atoms with van der Waals surface area (Å²) >= 11 is 6.15. The summed E-state index contributed by atoms with van der Waals surface area (Å²) in [6.45, 7) is 4.01. The number of nitrogens with zero attached hydrogens (tertiary/aromatic N) is 2. The predicted octanol–water partition coefficient (Wildman–Crippen LogP) is 3.16. The van der Waals surface area contributed by atoms with Gasteiger partial charge in [0.05, 0.1) is 6.20 Å². The second-order valence-corrected chi connectivity index (χ2v) is 6.09. The zero-order valence-electron chi connectivity index (χ0n) is 12.6. The van der Waals surface area contributed by atoms with Gasteiger partial charge in [0.1, 0.15) is 10.8 Å².